The summed E-state index contributed by atoms with van der Waals surface area (Å²) < 4.78 is 40.3. The number of nitrogens with zero attached hydrogens (tertiary/aromatic N) is 2. The summed E-state index contributed by atoms with van der Waals surface area (Å²) >= 11 is 0. The molecular formula is C37H45N3O6S. The second-order valence-corrected chi connectivity index (χ2v) is 16.0. The topological polar surface area (TPSA) is 108 Å². The molecule has 4 aliphatic carbocycles. The molecule has 47 heavy (non-hydrogen) atoms. The van der Waals surface area contributed by atoms with E-state index in [1.807, 2.05) is 36.4 Å². The molecule has 3 aromatic rings. The number of ether oxygens (including phenoxy) is 2. The van der Waals surface area contributed by atoms with E-state index in [1.54, 1.807) is 38.5 Å². The molecule has 9 nitrogen and oxygen atoms in total. The lowest BCUT2D eigenvalue weighted by molar-refractivity contribution is -0.0391. The fourth-order valence-corrected chi connectivity index (χ4v) is 10.9. The van der Waals surface area contributed by atoms with Gasteiger partial charge in [-0.15, -0.1) is 0 Å². The van der Waals surface area contributed by atoms with Gasteiger partial charge in [-0.1, -0.05) is 12.1 Å². The lowest BCUT2D eigenvalue weighted by atomic mass is 9.50. The van der Waals surface area contributed by atoms with Gasteiger partial charge in [0.25, 0.3) is 5.91 Å². The Morgan fingerprint density at radius 2 is 1.45 bits per heavy atom. The smallest absolute Gasteiger partial charge is 0.264 e. The molecule has 0 aromatic heterocycles. The van der Waals surface area contributed by atoms with Crippen LogP contribution in [0.4, 0.5) is 5.69 Å². The molecule has 1 aliphatic heterocycles. The number of hydrogen-bond donors (Lipinski definition) is 2. The fourth-order valence-electron chi connectivity index (χ4n) is 9.31. The summed E-state index contributed by atoms with van der Waals surface area (Å²) in [6.45, 7) is 3.92. The first kappa shape index (κ1) is 31.8. The molecule has 0 radical (unpaired) electrons. The zero-order valence-electron chi connectivity index (χ0n) is 27.3. The van der Waals surface area contributed by atoms with Crippen molar-refractivity contribution >= 4 is 21.6 Å². The molecule has 4 saturated carbocycles. The van der Waals surface area contributed by atoms with Crippen LogP contribution in [-0.2, 0) is 16.6 Å². The fraction of sp³-hybridized carbons (Fsp3) is 0.486. The minimum absolute atomic E-state index is 0.0665. The van der Waals surface area contributed by atoms with Crippen LogP contribution in [0, 0.1) is 23.2 Å². The molecule has 1 saturated heterocycles. The summed E-state index contributed by atoms with van der Waals surface area (Å²) in [6.07, 6.45) is 6.74. The predicted octanol–water partition coefficient (Wildman–Crippen LogP) is 5.67. The number of aromatic hydroxyl groups is 1. The number of amides is 1. The van der Waals surface area contributed by atoms with Crippen LogP contribution in [0.15, 0.2) is 60.7 Å². The van der Waals surface area contributed by atoms with Crippen LogP contribution in [0.3, 0.4) is 0 Å². The van der Waals surface area contributed by atoms with Crippen LogP contribution in [0.25, 0.3) is 11.1 Å². The van der Waals surface area contributed by atoms with E-state index in [-0.39, 0.29) is 16.9 Å². The number of methoxy groups -OCH3 is 2. The highest BCUT2D eigenvalue weighted by atomic mass is 32.2. The maximum atomic E-state index is 13.2. The van der Waals surface area contributed by atoms with Crippen molar-refractivity contribution in [3.05, 3.63) is 71.8 Å². The Hall–Kier alpha value is -3.76. The number of carbonyl (C=O) groups excluding carboxylic acids is 1. The van der Waals surface area contributed by atoms with Gasteiger partial charge in [0.1, 0.15) is 17.2 Å². The molecule has 2 N–H and O–H groups in total. The maximum Gasteiger partial charge on any atom is 0.264 e. The molecule has 3 aromatic carbocycles. The summed E-state index contributed by atoms with van der Waals surface area (Å²) in [7, 11) is -0.411. The number of phenolic OH excluding ortho intramolecular Hbond substituents is 1. The quantitative estimate of drug-likeness (QED) is 0.287. The van der Waals surface area contributed by atoms with Crippen LogP contribution in [0.5, 0.6) is 17.2 Å². The first-order chi connectivity index (χ1) is 22.6. The Bertz CT molecular complexity index is 1670. The van der Waals surface area contributed by atoms with E-state index in [0.717, 1.165) is 79.3 Å². The summed E-state index contributed by atoms with van der Waals surface area (Å²) in [5.74, 6) is 3.18. The summed E-state index contributed by atoms with van der Waals surface area (Å²) in [5.41, 5.74) is 3.96. The highest BCUT2D eigenvalue weighted by Crippen LogP contribution is 2.60. The van der Waals surface area contributed by atoms with Crippen molar-refractivity contribution in [2.75, 3.05) is 51.1 Å². The van der Waals surface area contributed by atoms with Gasteiger partial charge in [0.05, 0.1) is 25.5 Å². The van der Waals surface area contributed by atoms with Crippen molar-refractivity contribution in [2.45, 2.75) is 45.1 Å². The van der Waals surface area contributed by atoms with E-state index in [2.05, 4.69) is 14.5 Å². The van der Waals surface area contributed by atoms with Gasteiger partial charge in [-0.2, -0.15) is 0 Å². The van der Waals surface area contributed by atoms with Gasteiger partial charge in [0, 0.05) is 44.0 Å². The normalized spacial score (nSPS) is 25.5. The van der Waals surface area contributed by atoms with Crippen molar-refractivity contribution in [2.24, 2.45) is 23.2 Å². The SMILES string of the molecule is COc1cc(-c2cccc(O)c2)cc(OC)c1CN1CCN(c2ccc(C(=O)NS(=O)(=O)CC34CC5CC(CC(C5)C3)C4)cc2)CC1. The number of anilines is 1. The highest BCUT2D eigenvalue weighted by Gasteiger charge is 2.52. The lowest BCUT2D eigenvalue weighted by Crippen LogP contribution is -2.51. The number of hydrogen-bond acceptors (Lipinski definition) is 8. The van der Waals surface area contributed by atoms with Crippen molar-refractivity contribution in [1.82, 2.24) is 9.62 Å². The maximum absolute atomic E-state index is 13.2. The average Bonchev–Trinajstić information content (AvgIpc) is 3.04. The van der Waals surface area contributed by atoms with Gasteiger partial charge in [0.15, 0.2) is 0 Å². The number of nitrogens with one attached hydrogen (secondary N) is 1. The van der Waals surface area contributed by atoms with Crippen molar-refractivity contribution in [3.8, 4) is 28.4 Å². The molecule has 8 rings (SSSR count). The molecule has 1 heterocycles. The lowest BCUT2D eigenvalue weighted by Gasteiger charge is -2.56. The second-order valence-electron chi connectivity index (χ2n) is 14.3. The van der Waals surface area contributed by atoms with E-state index >= 15 is 0 Å². The highest BCUT2D eigenvalue weighted by molar-refractivity contribution is 7.90. The summed E-state index contributed by atoms with van der Waals surface area (Å²) in [6, 6.07) is 18.3. The van der Waals surface area contributed by atoms with Crippen LogP contribution < -0.4 is 19.1 Å². The molecule has 250 valence electrons. The molecule has 0 atom stereocenters. The standard InChI is InChI=1S/C37H45N3O6S/c1-45-34-18-30(29-4-3-5-32(41)17-29)19-35(46-2)33(34)23-39-10-12-40(13-11-39)31-8-6-28(7-9-31)36(42)38-47(43,44)24-37-20-25-14-26(21-37)16-27(15-25)22-37/h3-9,17-19,25-27,41H,10-16,20-24H2,1-2H3,(H,38,42). The molecular weight excluding hydrogens is 614 g/mol. The van der Waals surface area contributed by atoms with Gasteiger partial charge in [-0.25, -0.2) is 13.1 Å². The van der Waals surface area contributed by atoms with E-state index < -0.39 is 15.9 Å². The van der Waals surface area contributed by atoms with Crippen LogP contribution in [0.2, 0.25) is 0 Å². The van der Waals surface area contributed by atoms with Gasteiger partial charge < -0.3 is 19.5 Å². The number of piperazine rings is 1. The first-order valence-corrected chi connectivity index (χ1v) is 18.4. The van der Waals surface area contributed by atoms with E-state index in [1.165, 1.54) is 19.3 Å². The number of carbonyl (C=O) groups is 1. The third-order valence-electron chi connectivity index (χ3n) is 10.9. The van der Waals surface area contributed by atoms with Crippen molar-refractivity contribution < 1.29 is 27.8 Å². The zero-order valence-corrected chi connectivity index (χ0v) is 28.1. The van der Waals surface area contributed by atoms with E-state index in [0.29, 0.717) is 29.9 Å². The van der Waals surface area contributed by atoms with E-state index in [9.17, 15) is 18.3 Å². The Balaban J connectivity index is 0.950. The Morgan fingerprint density at radius 3 is 2.00 bits per heavy atom. The third-order valence-corrected chi connectivity index (χ3v) is 12.4. The second kappa shape index (κ2) is 12.7. The third kappa shape index (κ3) is 6.81. The van der Waals surface area contributed by atoms with E-state index in [4.69, 9.17) is 9.47 Å². The Labute approximate surface area is 277 Å². The summed E-state index contributed by atoms with van der Waals surface area (Å²) in [4.78, 5) is 17.7. The van der Waals surface area contributed by atoms with Crippen LogP contribution in [-0.4, -0.2) is 70.5 Å². The van der Waals surface area contributed by atoms with Gasteiger partial charge in [0.2, 0.25) is 10.0 Å². The molecule has 1 amide bonds. The number of phenols is 1. The largest absolute Gasteiger partial charge is 0.508 e. The number of sulfonamides is 1. The first-order valence-electron chi connectivity index (χ1n) is 16.8. The predicted molar refractivity (Wildman–Crippen MR) is 182 cm³/mol. The molecule has 0 spiro atoms. The monoisotopic (exact) mass is 659 g/mol. The Kier molecular flexibility index (Phi) is 8.59. The molecule has 5 aliphatic rings. The zero-order chi connectivity index (χ0) is 32.8. The summed E-state index contributed by atoms with van der Waals surface area (Å²) in [5, 5.41) is 9.95. The van der Waals surface area contributed by atoms with Crippen molar-refractivity contribution in [1.29, 1.82) is 0 Å². The van der Waals surface area contributed by atoms with Gasteiger partial charge in [-0.05, 0) is 121 Å². The molecule has 0 unspecified atom stereocenters. The van der Waals surface area contributed by atoms with Crippen molar-refractivity contribution in [3.63, 3.8) is 0 Å². The average molecular weight is 660 g/mol. The number of benzene rings is 3. The molecule has 5 fully saturated rings. The minimum Gasteiger partial charge on any atom is -0.508 e. The van der Waals surface area contributed by atoms with Crippen LogP contribution in [0.1, 0.15) is 54.4 Å². The minimum atomic E-state index is -3.73. The Morgan fingerprint density at radius 1 is 0.851 bits per heavy atom. The molecule has 4 bridgehead atoms. The number of rotatable bonds is 10. The molecule has 10 heteroatoms. The van der Waals surface area contributed by atoms with Crippen LogP contribution >= 0.6 is 0 Å². The van der Waals surface area contributed by atoms with Gasteiger partial charge >= 0.3 is 0 Å². The van der Waals surface area contributed by atoms with Gasteiger partial charge in [-0.3, -0.25) is 9.69 Å².